The number of aliphatic hydroxyl groups is 1. The van der Waals surface area contributed by atoms with Crippen LogP contribution >= 0.6 is 0 Å². The molecule has 0 heterocycles. The quantitative estimate of drug-likeness (QED) is 0.296. The Balaban J connectivity index is -0.0000000800. The molecule has 0 aromatic rings. The van der Waals surface area contributed by atoms with Gasteiger partial charge in [-0.1, -0.05) is 0 Å². The van der Waals surface area contributed by atoms with Crippen LogP contribution in [0.1, 0.15) is 6.92 Å². The fraction of sp³-hybridized carbons (Fsp3) is 1.00. The van der Waals surface area contributed by atoms with Crippen molar-refractivity contribution in [2.45, 2.75) is 6.92 Å². The summed E-state index contributed by atoms with van der Waals surface area (Å²) >= 11 is 0. The van der Waals surface area contributed by atoms with E-state index in [2.05, 4.69) is 0 Å². The predicted octanol–water partition coefficient (Wildman–Crippen LogP) is -1.84. The summed E-state index contributed by atoms with van der Waals surface area (Å²) in [6.07, 6.45) is 0. The Morgan fingerprint density at radius 1 is 1.33 bits per heavy atom. The Kier molecular flexibility index (Phi) is 15.0. The topological polar surface area (TPSA) is 94.8 Å². The Labute approximate surface area is 64.4 Å². The zero-order chi connectivity index (χ0) is 7.21. The number of aliphatic hydroxyl groups excluding tert-OH is 1. The van der Waals surface area contributed by atoms with Gasteiger partial charge in [0.15, 0.2) is 17.4 Å². The molecule has 0 atom stereocenters. The van der Waals surface area contributed by atoms with Crippen LogP contribution in [0, 0.1) is 0 Å². The molecule has 5 nitrogen and oxygen atoms in total. The molecule has 0 saturated heterocycles. The van der Waals surface area contributed by atoms with Gasteiger partial charge < -0.3 is 5.11 Å². The number of hydrogen-bond acceptors (Lipinski definition) is 3. The summed E-state index contributed by atoms with van der Waals surface area (Å²) in [6.45, 7) is 1.93. The van der Waals surface area contributed by atoms with E-state index < -0.39 is 10.4 Å². The summed E-state index contributed by atoms with van der Waals surface area (Å²) < 4.78 is 31.6. The molecule has 0 spiro atoms. The third-order valence-electron chi connectivity index (χ3n) is 0. The van der Waals surface area contributed by atoms with Crippen molar-refractivity contribution in [3.63, 3.8) is 0 Å². The van der Waals surface area contributed by atoms with Crippen molar-refractivity contribution < 1.29 is 22.6 Å². The summed E-state index contributed by atoms with van der Waals surface area (Å²) in [6, 6.07) is 0. The molecule has 0 unspecified atom stereocenters. The first-order valence-electron chi connectivity index (χ1n) is 1.72. The minimum atomic E-state index is -4.67. The highest BCUT2D eigenvalue weighted by molar-refractivity contribution is 7.79. The molecule has 0 radical (unpaired) electrons. The molecule has 0 fully saturated rings. The van der Waals surface area contributed by atoms with Crippen LogP contribution < -0.4 is 0 Å². The first-order chi connectivity index (χ1) is 3.41. The molecule has 0 aromatic heterocycles. The van der Waals surface area contributed by atoms with Gasteiger partial charge in [0.05, 0.1) is 0 Å². The molecule has 0 bridgehead atoms. The lowest BCUT2D eigenvalue weighted by atomic mass is 10.9. The lowest BCUT2D eigenvalue weighted by molar-refractivity contribution is 0.318. The maximum absolute atomic E-state index is 8.74. The van der Waals surface area contributed by atoms with Crippen LogP contribution in [0.15, 0.2) is 0 Å². The monoisotopic (exact) mass is 174 g/mol. The average molecular weight is 174 g/mol. The third-order valence-corrected chi connectivity index (χ3v) is 0. The molecule has 58 valence electrons. The normalized spacial score (nSPS) is 8.44. The number of rotatable bonds is 0. The number of hydrogen-bond donors (Lipinski definition) is 3. The van der Waals surface area contributed by atoms with E-state index in [4.69, 9.17) is 22.6 Å². The van der Waals surface area contributed by atoms with Crippen molar-refractivity contribution >= 4 is 27.8 Å². The molecule has 0 rings (SSSR count). The molecule has 9 heavy (non-hydrogen) atoms. The molecule has 0 aromatic carbocycles. The van der Waals surface area contributed by atoms with Crippen LogP contribution in [0.4, 0.5) is 0 Å². The molecule has 3 N–H and O–H groups in total. The summed E-state index contributed by atoms with van der Waals surface area (Å²) in [5, 5.41) is 7.57. The molecule has 0 amide bonds. The van der Waals surface area contributed by atoms with Gasteiger partial charge >= 0.3 is 10.4 Å². The minimum absolute atomic E-state index is 0. The molecule has 0 aliphatic rings. The van der Waals surface area contributed by atoms with Crippen LogP contribution in [0.5, 0.6) is 0 Å². The van der Waals surface area contributed by atoms with Gasteiger partial charge in [0.25, 0.3) is 0 Å². The van der Waals surface area contributed by atoms with Crippen LogP contribution in [0.2, 0.25) is 0 Å². The van der Waals surface area contributed by atoms with Crippen LogP contribution in [-0.4, -0.2) is 46.6 Å². The molecule has 0 aliphatic carbocycles. The Morgan fingerprint density at radius 3 is 1.33 bits per heavy atom. The maximum Gasteiger partial charge on any atom is 0.394 e. The third kappa shape index (κ3) is 2580. The summed E-state index contributed by atoms with van der Waals surface area (Å²) in [5.74, 6) is 0. The second-order valence-electron chi connectivity index (χ2n) is 0.764. The van der Waals surface area contributed by atoms with Crippen LogP contribution in [0.25, 0.3) is 0 Å². The smallest absolute Gasteiger partial charge is 0.394 e. The average Bonchev–Trinajstić information content (AvgIpc) is 1.27. The van der Waals surface area contributed by atoms with Crippen molar-refractivity contribution in [3.8, 4) is 0 Å². The van der Waals surface area contributed by atoms with Gasteiger partial charge in [-0.05, 0) is 6.92 Å². The minimum Gasteiger partial charge on any atom is -0.397 e. The van der Waals surface area contributed by atoms with E-state index in [-0.39, 0.29) is 24.0 Å². The largest absolute Gasteiger partial charge is 0.397 e. The summed E-state index contributed by atoms with van der Waals surface area (Å²) in [4.78, 5) is 0. The van der Waals surface area contributed by atoms with Gasteiger partial charge in [-0.15, -0.1) is 0 Å². The van der Waals surface area contributed by atoms with Crippen molar-refractivity contribution in [1.29, 1.82) is 0 Å². The van der Waals surface area contributed by atoms with Gasteiger partial charge in [0, 0.05) is 6.61 Å². The SMILES string of the molecule is CCO.O=S(=O)(O)O.[AlH3]. The Bertz CT molecular complexity index is 109. The molecule has 0 aliphatic heterocycles. The van der Waals surface area contributed by atoms with E-state index in [9.17, 15) is 0 Å². The fourth-order valence-corrected chi connectivity index (χ4v) is 0. The van der Waals surface area contributed by atoms with E-state index in [0.29, 0.717) is 0 Å². The second kappa shape index (κ2) is 8.36. The van der Waals surface area contributed by atoms with E-state index in [0.717, 1.165) is 0 Å². The Morgan fingerprint density at radius 2 is 1.33 bits per heavy atom. The highest BCUT2D eigenvalue weighted by atomic mass is 32.3. The Hall–Kier alpha value is 0.362. The van der Waals surface area contributed by atoms with Gasteiger partial charge in [-0.3, -0.25) is 9.11 Å². The van der Waals surface area contributed by atoms with Crippen molar-refractivity contribution in [1.82, 2.24) is 0 Å². The molecule has 7 heteroatoms. The van der Waals surface area contributed by atoms with Gasteiger partial charge in [0.2, 0.25) is 0 Å². The van der Waals surface area contributed by atoms with Crippen LogP contribution in [0.3, 0.4) is 0 Å². The zero-order valence-electron chi connectivity index (χ0n) is 4.27. The maximum atomic E-state index is 8.74. The van der Waals surface area contributed by atoms with Gasteiger partial charge in [-0.25, -0.2) is 0 Å². The predicted molar refractivity (Wildman–Crippen MR) is 36.9 cm³/mol. The lowest BCUT2D eigenvalue weighted by Gasteiger charge is -1.68. The van der Waals surface area contributed by atoms with Crippen molar-refractivity contribution in [2.24, 2.45) is 0 Å². The summed E-state index contributed by atoms with van der Waals surface area (Å²) in [7, 11) is -4.67. The molecular weight excluding hydrogens is 163 g/mol. The van der Waals surface area contributed by atoms with E-state index in [1.165, 1.54) is 0 Å². The fourth-order valence-electron chi connectivity index (χ4n) is 0. The zero-order valence-corrected chi connectivity index (χ0v) is 5.09. The standard InChI is InChI=1S/C2H6O.Al.H2O4S.3H/c1-2-3;;1-5(2,3)4;;;/h3H,2H2,1H3;;(H2,1,2,3,4);;;. The first-order valence-corrected chi connectivity index (χ1v) is 3.12. The van der Waals surface area contributed by atoms with Gasteiger partial charge in [0.1, 0.15) is 0 Å². The highest BCUT2D eigenvalue weighted by Gasteiger charge is 1.84. The second-order valence-corrected chi connectivity index (χ2v) is 1.66. The molecule has 0 saturated carbocycles. The van der Waals surface area contributed by atoms with Crippen molar-refractivity contribution in [3.05, 3.63) is 0 Å². The van der Waals surface area contributed by atoms with Crippen molar-refractivity contribution in [2.75, 3.05) is 6.61 Å². The van der Waals surface area contributed by atoms with E-state index in [1.54, 1.807) is 6.92 Å². The highest BCUT2D eigenvalue weighted by Crippen LogP contribution is 1.59. The van der Waals surface area contributed by atoms with Gasteiger partial charge in [-0.2, -0.15) is 8.42 Å². The first kappa shape index (κ1) is 16.2. The summed E-state index contributed by atoms with van der Waals surface area (Å²) in [5.41, 5.74) is 0. The molecular formula is C2H11AlO5S. The van der Waals surface area contributed by atoms with Crippen LogP contribution in [-0.2, 0) is 10.4 Å². The lowest BCUT2D eigenvalue weighted by Crippen LogP contribution is -1.89. The van der Waals surface area contributed by atoms with E-state index >= 15 is 0 Å². The van der Waals surface area contributed by atoms with E-state index in [1.807, 2.05) is 0 Å².